The number of nitrogens with one attached hydrogen (secondary N) is 1. The summed E-state index contributed by atoms with van der Waals surface area (Å²) >= 11 is 3.39. The van der Waals surface area contributed by atoms with Gasteiger partial charge in [-0.3, -0.25) is 4.68 Å². The predicted octanol–water partition coefficient (Wildman–Crippen LogP) is 3.39. The average Bonchev–Trinajstić information content (AvgIpc) is 2.81. The molecular formula is C15H19BrFN3. The van der Waals surface area contributed by atoms with Crippen LogP contribution in [0.1, 0.15) is 29.9 Å². The van der Waals surface area contributed by atoms with Gasteiger partial charge in [0.1, 0.15) is 5.82 Å². The summed E-state index contributed by atoms with van der Waals surface area (Å²) in [4.78, 5) is 0. The zero-order valence-electron chi connectivity index (χ0n) is 12.0. The Balaban J connectivity index is 2.28. The molecule has 2 aromatic rings. The number of rotatable bonds is 5. The minimum absolute atomic E-state index is 0.0385. The third-order valence-corrected chi connectivity index (χ3v) is 3.96. The number of hydrogen-bond acceptors (Lipinski definition) is 2. The van der Waals surface area contributed by atoms with E-state index in [4.69, 9.17) is 0 Å². The van der Waals surface area contributed by atoms with E-state index in [2.05, 4.69) is 39.3 Å². The highest BCUT2D eigenvalue weighted by Crippen LogP contribution is 2.23. The van der Waals surface area contributed by atoms with Crippen LogP contribution in [0, 0.1) is 5.82 Å². The van der Waals surface area contributed by atoms with Crippen molar-refractivity contribution in [3.63, 3.8) is 0 Å². The lowest BCUT2D eigenvalue weighted by atomic mass is 10.0. The lowest BCUT2D eigenvalue weighted by Crippen LogP contribution is -2.22. The molecule has 1 atom stereocenters. The third-order valence-electron chi connectivity index (χ3n) is 3.47. The van der Waals surface area contributed by atoms with E-state index in [9.17, 15) is 4.39 Å². The van der Waals surface area contributed by atoms with Gasteiger partial charge in [0.05, 0.1) is 17.4 Å². The molecule has 1 N–H and O–H groups in total. The molecule has 5 heteroatoms. The van der Waals surface area contributed by atoms with Crippen LogP contribution in [0.15, 0.2) is 28.7 Å². The van der Waals surface area contributed by atoms with Crippen LogP contribution in [0.5, 0.6) is 0 Å². The molecule has 0 aliphatic rings. The average molecular weight is 340 g/mol. The fourth-order valence-electron chi connectivity index (χ4n) is 2.32. The zero-order valence-corrected chi connectivity index (χ0v) is 13.5. The summed E-state index contributed by atoms with van der Waals surface area (Å²) in [7, 11) is 3.81. The minimum Gasteiger partial charge on any atom is -0.311 e. The lowest BCUT2D eigenvalue weighted by Gasteiger charge is -2.17. The van der Waals surface area contributed by atoms with Crippen molar-refractivity contribution in [3.05, 3.63) is 51.5 Å². The highest BCUT2D eigenvalue weighted by atomic mass is 79.9. The number of aromatic nitrogens is 2. The Labute approximate surface area is 127 Å². The van der Waals surface area contributed by atoms with E-state index >= 15 is 0 Å². The Hall–Kier alpha value is -1.20. The van der Waals surface area contributed by atoms with Crippen molar-refractivity contribution in [2.45, 2.75) is 25.8 Å². The summed E-state index contributed by atoms with van der Waals surface area (Å²) in [5, 5.41) is 7.70. The standard InChI is InChI=1S/C15H19BrFN3/c1-4-12-9-15(20(3)19-12)14(18-2)8-10-7-11(16)5-6-13(10)17/h5-7,9,14,18H,4,8H2,1-3H3. The molecule has 0 amide bonds. The molecule has 1 unspecified atom stereocenters. The second-order valence-electron chi connectivity index (χ2n) is 4.82. The molecule has 20 heavy (non-hydrogen) atoms. The van der Waals surface area contributed by atoms with Crippen molar-refractivity contribution in [1.29, 1.82) is 0 Å². The van der Waals surface area contributed by atoms with Crippen molar-refractivity contribution in [1.82, 2.24) is 15.1 Å². The largest absolute Gasteiger partial charge is 0.311 e. The van der Waals surface area contributed by atoms with Crippen molar-refractivity contribution >= 4 is 15.9 Å². The van der Waals surface area contributed by atoms with Crippen LogP contribution in [0.25, 0.3) is 0 Å². The molecule has 1 aromatic carbocycles. The maximum Gasteiger partial charge on any atom is 0.126 e. The second kappa shape index (κ2) is 6.50. The van der Waals surface area contributed by atoms with Crippen molar-refractivity contribution in [3.8, 4) is 0 Å². The van der Waals surface area contributed by atoms with Crippen molar-refractivity contribution < 1.29 is 4.39 Å². The van der Waals surface area contributed by atoms with Crippen molar-refractivity contribution in [2.75, 3.05) is 7.05 Å². The first-order valence-corrected chi connectivity index (χ1v) is 7.48. The quantitative estimate of drug-likeness (QED) is 0.904. The Morgan fingerprint density at radius 2 is 2.15 bits per heavy atom. The third kappa shape index (κ3) is 3.27. The minimum atomic E-state index is -0.175. The van der Waals surface area contributed by atoms with E-state index in [1.165, 1.54) is 6.07 Å². The summed E-state index contributed by atoms with van der Waals surface area (Å²) < 4.78 is 16.6. The monoisotopic (exact) mass is 339 g/mol. The van der Waals surface area contributed by atoms with Crippen molar-refractivity contribution in [2.24, 2.45) is 7.05 Å². The Morgan fingerprint density at radius 3 is 2.75 bits per heavy atom. The molecular weight excluding hydrogens is 321 g/mol. The molecule has 0 saturated heterocycles. The van der Waals surface area contributed by atoms with E-state index < -0.39 is 0 Å². The van der Waals surface area contributed by atoms with Crippen LogP contribution < -0.4 is 5.32 Å². The van der Waals surface area contributed by atoms with Gasteiger partial charge in [-0.1, -0.05) is 22.9 Å². The first kappa shape index (κ1) is 15.2. The summed E-state index contributed by atoms with van der Waals surface area (Å²) in [6.45, 7) is 2.08. The second-order valence-corrected chi connectivity index (χ2v) is 5.73. The van der Waals surface area contributed by atoms with Crippen LogP contribution in [0.2, 0.25) is 0 Å². The molecule has 0 saturated carbocycles. The van der Waals surface area contributed by atoms with Crippen LogP contribution in [-0.4, -0.2) is 16.8 Å². The van der Waals surface area contributed by atoms with Gasteiger partial charge in [-0.05, 0) is 49.7 Å². The van der Waals surface area contributed by atoms with Gasteiger partial charge < -0.3 is 5.32 Å². The van der Waals surface area contributed by atoms with E-state index in [0.29, 0.717) is 12.0 Å². The Bertz CT molecular complexity index is 595. The molecule has 0 aliphatic heterocycles. The van der Waals surface area contributed by atoms with Gasteiger partial charge in [-0.2, -0.15) is 5.10 Å². The van der Waals surface area contributed by atoms with Gasteiger partial charge in [0.25, 0.3) is 0 Å². The number of halogens is 2. The summed E-state index contributed by atoms with van der Waals surface area (Å²) in [6, 6.07) is 7.16. The van der Waals surface area contributed by atoms with Gasteiger partial charge in [0.15, 0.2) is 0 Å². The normalized spacial score (nSPS) is 12.7. The predicted molar refractivity (Wildman–Crippen MR) is 82.2 cm³/mol. The van der Waals surface area contributed by atoms with Crippen LogP contribution in [0.3, 0.4) is 0 Å². The van der Waals surface area contributed by atoms with E-state index in [1.54, 1.807) is 6.07 Å². The topological polar surface area (TPSA) is 29.9 Å². The number of likely N-dealkylation sites (N-methyl/N-ethyl adjacent to an activating group) is 1. The fraction of sp³-hybridized carbons (Fsp3) is 0.400. The smallest absolute Gasteiger partial charge is 0.126 e. The van der Waals surface area contributed by atoms with Crippen LogP contribution in [0.4, 0.5) is 4.39 Å². The summed E-state index contributed by atoms with van der Waals surface area (Å²) in [5.41, 5.74) is 2.82. The number of nitrogens with zero attached hydrogens (tertiary/aromatic N) is 2. The SMILES string of the molecule is CCc1cc(C(Cc2cc(Br)ccc2F)NC)n(C)n1. The molecule has 0 spiro atoms. The zero-order chi connectivity index (χ0) is 14.7. The molecule has 0 aliphatic carbocycles. The maximum absolute atomic E-state index is 13.9. The molecule has 0 radical (unpaired) electrons. The van der Waals surface area contributed by atoms with Gasteiger partial charge in [0.2, 0.25) is 0 Å². The molecule has 1 heterocycles. The summed E-state index contributed by atoms with van der Waals surface area (Å²) in [5.74, 6) is -0.175. The first-order chi connectivity index (χ1) is 9.55. The number of benzene rings is 1. The molecule has 108 valence electrons. The highest BCUT2D eigenvalue weighted by molar-refractivity contribution is 9.10. The molecule has 0 fully saturated rings. The van der Waals surface area contributed by atoms with Gasteiger partial charge in [0, 0.05) is 11.5 Å². The summed E-state index contributed by atoms with van der Waals surface area (Å²) in [6.07, 6.45) is 1.49. The van der Waals surface area contributed by atoms with Gasteiger partial charge in [-0.15, -0.1) is 0 Å². The van der Waals surface area contributed by atoms with E-state index in [1.807, 2.05) is 24.8 Å². The molecule has 0 bridgehead atoms. The maximum atomic E-state index is 13.9. The Kier molecular flexibility index (Phi) is 4.94. The first-order valence-electron chi connectivity index (χ1n) is 6.69. The Morgan fingerprint density at radius 1 is 1.40 bits per heavy atom. The van der Waals surface area contributed by atoms with E-state index in [0.717, 1.165) is 22.3 Å². The van der Waals surface area contributed by atoms with Gasteiger partial charge >= 0.3 is 0 Å². The van der Waals surface area contributed by atoms with Crippen LogP contribution in [-0.2, 0) is 19.9 Å². The molecule has 1 aromatic heterocycles. The van der Waals surface area contributed by atoms with E-state index in [-0.39, 0.29) is 11.9 Å². The van der Waals surface area contributed by atoms with Crippen LogP contribution >= 0.6 is 15.9 Å². The highest BCUT2D eigenvalue weighted by Gasteiger charge is 2.17. The molecule has 3 nitrogen and oxygen atoms in total. The number of hydrogen-bond donors (Lipinski definition) is 1. The molecule has 2 rings (SSSR count). The lowest BCUT2D eigenvalue weighted by molar-refractivity contribution is 0.519. The van der Waals surface area contributed by atoms with Gasteiger partial charge in [-0.25, -0.2) is 4.39 Å². The fourth-order valence-corrected chi connectivity index (χ4v) is 2.72. The number of aryl methyl sites for hydroxylation is 2.